The summed E-state index contributed by atoms with van der Waals surface area (Å²) in [7, 11) is 0. The Bertz CT molecular complexity index is 738. The van der Waals surface area contributed by atoms with Crippen LogP contribution in [0.5, 0.6) is 0 Å². The van der Waals surface area contributed by atoms with Crippen LogP contribution in [0, 0.1) is 0 Å². The molecule has 2 aromatic carbocycles. The highest BCUT2D eigenvalue weighted by molar-refractivity contribution is 6.35. The van der Waals surface area contributed by atoms with Gasteiger partial charge in [0.25, 0.3) is 0 Å². The molecule has 23 heavy (non-hydrogen) atoms. The van der Waals surface area contributed by atoms with Gasteiger partial charge in [-0.05, 0) is 42.3 Å². The van der Waals surface area contributed by atoms with Crippen molar-refractivity contribution < 1.29 is 4.79 Å². The average Bonchev–Trinajstić information content (AvgIpc) is 3.01. The number of carbonyl (C=O) groups is 1. The minimum atomic E-state index is -0.381. The van der Waals surface area contributed by atoms with Gasteiger partial charge in [-0.3, -0.25) is 4.79 Å². The van der Waals surface area contributed by atoms with Crippen LogP contribution in [0.3, 0.4) is 0 Å². The summed E-state index contributed by atoms with van der Waals surface area (Å²) in [6.07, 6.45) is 0.602. The number of rotatable bonds is 3. The summed E-state index contributed by atoms with van der Waals surface area (Å²) >= 11 is 18.0. The van der Waals surface area contributed by atoms with Crippen LogP contribution in [0.4, 0.5) is 5.69 Å². The van der Waals surface area contributed by atoms with Gasteiger partial charge in [-0.2, -0.15) is 0 Å². The third-order valence-corrected chi connectivity index (χ3v) is 4.46. The second-order valence-electron chi connectivity index (χ2n) is 5.30. The lowest BCUT2D eigenvalue weighted by atomic mass is 10.0. The number of carbonyl (C=O) groups excluding carboxylic acids is 1. The number of benzene rings is 2. The van der Waals surface area contributed by atoms with Crippen LogP contribution in [0.25, 0.3) is 0 Å². The number of anilines is 1. The first kappa shape index (κ1) is 16.6. The monoisotopic (exact) mass is 369 g/mol. The van der Waals surface area contributed by atoms with Gasteiger partial charge in [0, 0.05) is 16.1 Å². The summed E-state index contributed by atoms with van der Waals surface area (Å²) in [5, 5.41) is 4.42. The number of nitrogens with one attached hydrogen (secondary N) is 3. The molecule has 1 fully saturated rings. The van der Waals surface area contributed by atoms with Gasteiger partial charge in [0.1, 0.15) is 6.04 Å². The number of hydrogen-bond acceptors (Lipinski definition) is 3. The molecule has 0 radical (unpaired) electrons. The van der Waals surface area contributed by atoms with Crippen LogP contribution in [0.2, 0.25) is 15.1 Å². The lowest BCUT2D eigenvalue weighted by Crippen LogP contribution is -2.39. The van der Waals surface area contributed by atoms with Gasteiger partial charge < -0.3 is 5.32 Å². The molecule has 1 saturated heterocycles. The SMILES string of the molecule is O=C(Nc1cc(Cl)ccc1Cl)C1CC(c2cccc(Cl)c2)NN1. The highest BCUT2D eigenvalue weighted by atomic mass is 35.5. The van der Waals surface area contributed by atoms with Crippen molar-refractivity contribution in [2.24, 2.45) is 0 Å². The van der Waals surface area contributed by atoms with E-state index in [0.717, 1.165) is 5.56 Å². The Morgan fingerprint density at radius 2 is 1.83 bits per heavy atom. The Hall–Kier alpha value is -1.30. The van der Waals surface area contributed by atoms with Crippen molar-refractivity contribution in [1.82, 2.24) is 10.9 Å². The van der Waals surface area contributed by atoms with Crippen molar-refractivity contribution in [1.29, 1.82) is 0 Å². The second-order valence-corrected chi connectivity index (χ2v) is 6.58. The van der Waals surface area contributed by atoms with Crippen LogP contribution in [0.1, 0.15) is 18.0 Å². The average molecular weight is 371 g/mol. The normalized spacial score (nSPS) is 20.5. The third-order valence-electron chi connectivity index (χ3n) is 3.66. The summed E-state index contributed by atoms with van der Waals surface area (Å²) in [6.45, 7) is 0. The van der Waals surface area contributed by atoms with Gasteiger partial charge in [0.2, 0.25) is 5.91 Å². The quantitative estimate of drug-likeness (QED) is 0.759. The molecule has 1 aliphatic rings. The van der Waals surface area contributed by atoms with Crippen molar-refractivity contribution in [3.63, 3.8) is 0 Å². The molecule has 0 aromatic heterocycles. The van der Waals surface area contributed by atoms with E-state index in [1.165, 1.54) is 0 Å². The van der Waals surface area contributed by atoms with E-state index in [-0.39, 0.29) is 18.0 Å². The minimum absolute atomic E-state index is 0.0132. The molecule has 0 aliphatic carbocycles. The van der Waals surface area contributed by atoms with Crippen LogP contribution in [-0.2, 0) is 4.79 Å². The Morgan fingerprint density at radius 1 is 1.04 bits per heavy atom. The van der Waals surface area contributed by atoms with E-state index in [1.807, 2.05) is 24.3 Å². The smallest absolute Gasteiger partial charge is 0.242 e. The summed E-state index contributed by atoms with van der Waals surface area (Å²) in [5.74, 6) is -0.175. The minimum Gasteiger partial charge on any atom is -0.323 e. The summed E-state index contributed by atoms with van der Waals surface area (Å²) in [5.41, 5.74) is 7.64. The number of halogens is 3. The summed E-state index contributed by atoms with van der Waals surface area (Å²) in [4.78, 5) is 12.4. The molecule has 2 unspecified atom stereocenters. The fourth-order valence-electron chi connectivity index (χ4n) is 2.48. The molecule has 120 valence electrons. The van der Waals surface area contributed by atoms with Crippen LogP contribution >= 0.6 is 34.8 Å². The van der Waals surface area contributed by atoms with Crippen molar-refractivity contribution in [3.8, 4) is 0 Å². The molecule has 1 heterocycles. The zero-order valence-electron chi connectivity index (χ0n) is 11.9. The van der Waals surface area contributed by atoms with Crippen LogP contribution < -0.4 is 16.2 Å². The molecule has 2 atom stereocenters. The molecule has 0 bridgehead atoms. The van der Waals surface area contributed by atoms with Crippen molar-refractivity contribution in [3.05, 3.63) is 63.1 Å². The molecule has 4 nitrogen and oxygen atoms in total. The Morgan fingerprint density at radius 3 is 2.61 bits per heavy atom. The molecule has 0 spiro atoms. The van der Waals surface area contributed by atoms with Gasteiger partial charge in [0.15, 0.2) is 0 Å². The van der Waals surface area contributed by atoms with Gasteiger partial charge in [0.05, 0.1) is 10.7 Å². The van der Waals surface area contributed by atoms with Crippen molar-refractivity contribution in [2.45, 2.75) is 18.5 Å². The van der Waals surface area contributed by atoms with Crippen LogP contribution in [-0.4, -0.2) is 11.9 Å². The number of amides is 1. The molecular formula is C16H14Cl3N3O. The largest absolute Gasteiger partial charge is 0.323 e. The van der Waals surface area contributed by atoms with Gasteiger partial charge in [-0.25, -0.2) is 10.9 Å². The molecule has 3 N–H and O–H groups in total. The topological polar surface area (TPSA) is 53.2 Å². The summed E-state index contributed by atoms with van der Waals surface area (Å²) < 4.78 is 0. The summed E-state index contributed by atoms with van der Waals surface area (Å²) in [6, 6.07) is 12.1. The Balaban J connectivity index is 1.67. The highest BCUT2D eigenvalue weighted by Crippen LogP contribution is 2.28. The standard InChI is InChI=1S/C16H14Cl3N3O/c17-10-3-1-2-9(6-10)13-8-15(22-21-13)16(23)20-14-7-11(18)4-5-12(14)19/h1-7,13,15,21-22H,8H2,(H,20,23). The molecule has 2 aromatic rings. The maximum Gasteiger partial charge on any atom is 0.242 e. The number of hydrazine groups is 1. The van der Waals surface area contributed by atoms with E-state index in [0.29, 0.717) is 27.2 Å². The van der Waals surface area contributed by atoms with Gasteiger partial charge in [-0.1, -0.05) is 46.9 Å². The van der Waals surface area contributed by atoms with Gasteiger partial charge in [-0.15, -0.1) is 0 Å². The highest BCUT2D eigenvalue weighted by Gasteiger charge is 2.30. The second kappa shape index (κ2) is 7.07. The van der Waals surface area contributed by atoms with E-state index in [1.54, 1.807) is 18.2 Å². The van der Waals surface area contributed by atoms with Crippen molar-refractivity contribution in [2.75, 3.05) is 5.32 Å². The Kier molecular flexibility index (Phi) is 5.09. The lowest BCUT2D eigenvalue weighted by Gasteiger charge is -2.12. The van der Waals surface area contributed by atoms with Gasteiger partial charge >= 0.3 is 0 Å². The maximum atomic E-state index is 12.4. The molecule has 1 aliphatic heterocycles. The van der Waals surface area contributed by atoms with E-state index in [4.69, 9.17) is 34.8 Å². The lowest BCUT2D eigenvalue weighted by molar-refractivity contribution is -0.117. The fraction of sp³-hybridized carbons (Fsp3) is 0.188. The molecular weight excluding hydrogens is 357 g/mol. The van der Waals surface area contributed by atoms with E-state index >= 15 is 0 Å². The molecule has 1 amide bonds. The zero-order valence-corrected chi connectivity index (χ0v) is 14.2. The van der Waals surface area contributed by atoms with E-state index in [2.05, 4.69) is 16.2 Å². The van der Waals surface area contributed by atoms with Crippen molar-refractivity contribution >= 4 is 46.4 Å². The fourth-order valence-corrected chi connectivity index (χ4v) is 3.02. The number of hydrogen-bond donors (Lipinski definition) is 3. The third kappa shape index (κ3) is 3.97. The molecule has 7 heteroatoms. The first-order valence-corrected chi connectivity index (χ1v) is 8.19. The zero-order chi connectivity index (χ0) is 16.4. The molecule has 3 rings (SSSR count). The van der Waals surface area contributed by atoms with E-state index in [9.17, 15) is 4.79 Å². The van der Waals surface area contributed by atoms with E-state index < -0.39 is 0 Å². The predicted octanol–water partition coefficient (Wildman–Crippen LogP) is 4.19. The Labute approximate surface area is 149 Å². The predicted molar refractivity (Wildman–Crippen MR) is 94.0 cm³/mol. The first-order chi connectivity index (χ1) is 11.0. The molecule has 0 saturated carbocycles. The van der Waals surface area contributed by atoms with Crippen LogP contribution in [0.15, 0.2) is 42.5 Å². The maximum absolute atomic E-state index is 12.4. The first-order valence-electron chi connectivity index (χ1n) is 7.05.